The summed E-state index contributed by atoms with van der Waals surface area (Å²) in [6.45, 7) is 3.17. The Bertz CT molecular complexity index is 1310. The highest BCUT2D eigenvalue weighted by atomic mass is 19.4. The molecule has 0 aliphatic heterocycles. The van der Waals surface area contributed by atoms with Gasteiger partial charge in [0.1, 0.15) is 40.1 Å². The number of nitrogens with zero attached hydrogens (tertiary/aromatic N) is 1. The zero-order valence-corrected chi connectivity index (χ0v) is 21.1. The molecule has 1 heterocycles. The summed E-state index contributed by atoms with van der Waals surface area (Å²) < 4.78 is 131. The molecule has 0 radical (unpaired) electrons. The smallest absolute Gasteiger partial charge is 0.422 e. The zero-order valence-electron chi connectivity index (χ0n) is 21.1. The van der Waals surface area contributed by atoms with Crippen LogP contribution >= 0.6 is 0 Å². The first kappa shape index (κ1) is 30.1. The summed E-state index contributed by atoms with van der Waals surface area (Å²) in [6.07, 6.45) is -3.52. The highest BCUT2D eigenvalue weighted by Crippen LogP contribution is 2.56. The molecule has 2 nitrogen and oxygen atoms in total. The van der Waals surface area contributed by atoms with Gasteiger partial charge in [0.2, 0.25) is 0 Å². The number of ether oxygens (including phenoxy) is 1. The van der Waals surface area contributed by atoms with Crippen molar-refractivity contribution in [1.82, 2.24) is 4.98 Å². The van der Waals surface area contributed by atoms with Gasteiger partial charge in [-0.2, -0.15) is 22.0 Å². The molecule has 210 valence electrons. The lowest BCUT2D eigenvalue weighted by atomic mass is 9.69. The van der Waals surface area contributed by atoms with Gasteiger partial charge in [0.05, 0.1) is 0 Å². The van der Waals surface area contributed by atoms with Gasteiger partial charge in [-0.25, -0.2) is 22.5 Å². The second-order valence-electron chi connectivity index (χ2n) is 9.43. The Labute approximate surface area is 219 Å². The van der Waals surface area contributed by atoms with Crippen LogP contribution in [0.1, 0.15) is 56.9 Å². The molecule has 2 unspecified atom stereocenters. The first-order valence-electron chi connectivity index (χ1n) is 11.9. The maximum atomic E-state index is 15.6. The van der Waals surface area contributed by atoms with Crippen molar-refractivity contribution >= 4 is 0 Å². The Morgan fingerprint density at radius 1 is 0.949 bits per heavy atom. The molecule has 0 spiro atoms. The lowest BCUT2D eigenvalue weighted by Crippen LogP contribution is -2.56. The Hall–Kier alpha value is -3.42. The first-order chi connectivity index (χ1) is 18.0. The molecule has 2 aromatic rings. The molecule has 0 amide bonds. The van der Waals surface area contributed by atoms with Crippen LogP contribution in [0.15, 0.2) is 54.0 Å². The molecule has 0 N–H and O–H groups in total. The number of hydrogen-bond acceptors (Lipinski definition) is 2. The van der Waals surface area contributed by atoms with E-state index in [-0.39, 0.29) is 23.4 Å². The molecule has 11 heteroatoms. The summed E-state index contributed by atoms with van der Waals surface area (Å²) in [7, 11) is 0. The van der Waals surface area contributed by atoms with Gasteiger partial charge >= 0.3 is 12.3 Å². The molecular formula is C28H24F9NO. The van der Waals surface area contributed by atoms with Gasteiger partial charge in [0.15, 0.2) is 5.41 Å². The van der Waals surface area contributed by atoms with E-state index in [1.165, 1.54) is 0 Å². The SMILES string of the molecule is CCCCCc1ccc(C#CC2=CC(C)(F)C(C)(C(F)(F)Oc3cc(F)c(C(F)(F)F)c(F)c3)C(F)=C2)nc1. The highest BCUT2D eigenvalue weighted by Gasteiger charge is 2.67. The summed E-state index contributed by atoms with van der Waals surface area (Å²) in [4.78, 5) is 4.17. The predicted molar refractivity (Wildman–Crippen MR) is 126 cm³/mol. The van der Waals surface area contributed by atoms with Crippen LogP contribution in [0.2, 0.25) is 0 Å². The van der Waals surface area contributed by atoms with E-state index >= 15 is 17.6 Å². The predicted octanol–water partition coefficient (Wildman–Crippen LogP) is 8.66. The van der Waals surface area contributed by atoms with Crippen LogP contribution in [0.3, 0.4) is 0 Å². The van der Waals surface area contributed by atoms with Crippen LogP contribution in [-0.4, -0.2) is 16.8 Å². The molecule has 0 saturated heterocycles. The number of benzene rings is 1. The van der Waals surface area contributed by atoms with Crippen molar-refractivity contribution in [3.63, 3.8) is 0 Å². The quantitative estimate of drug-likeness (QED) is 0.192. The number of hydrogen-bond donors (Lipinski definition) is 0. The van der Waals surface area contributed by atoms with Gasteiger partial charge in [-0.05, 0) is 56.4 Å². The number of rotatable bonds is 7. The maximum Gasteiger partial charge on any atom is 0.422 e. The fourth-order valence-electron chi connectivity index (χ4n) is 3.98. The summed E-state index contributed by atoms with van der Waals surface area (Å²) in [5, 5.41) is 0. The highest BCUT2D eigenvalue weighted by molar-refractivity contribution is 5.50. The fraction of sp³-hybridized carbons (Fsp3) is 0.393. The topological polar surface area (TPSA) is 22.1 Å². The normalized spacial score (nSPS) is 21.5. The maximum absolute atomic E-state index is 15.6. The number of halogens is 9. The van der Waals surface area contributed by atoms with Gasteiger partial charge in [-0.3, -0.25) is 0 Å². The van der Waals surface area contributed by atoms with Crippen molar-refractivity contribution in [2.75, 3.05) is 0 Å². The summed E-state index contributed by atoms with van der Waals surface area (Å²) in [5.41, 5.74) is -7.89. The Kier molecular flexibility index (Phi) is 8.49. The molecule has 1 aromatic carbocycles. The Balaban J connectivity index is 1.86. The number of pyridine rings is 1. The third-order valence-electron chi connectivity index (χ3n) is 6.52. The van der Waals surface area contributed by atoms with Crippen molar-refractivity contribution in [3.05, 3.63) is 82.5 Å². The lowest BCUT2D eigenvalue weighted by Gasteiger charge is -2.44. The number of aromatic nitrogens is 1. The van der Waals surface area contributed by atoms with Crippen molar-refractivity contribution in [3.8, 4) is 17.6 Å². The van der Waals surface area contributed by atoms with Crippen molar-refractivity contribution in [2.24, 2.45) is 5.41 Å². The molecule has 2 atom stereocenters. The van der Waals surface area contributed by atoms with Crippen molar-refractivity contribution < 1.29 is 44.3 Å². The lowest BCUT2D eigenvalue weighted by molar-refractivity contribution is -0.273. The Morgan fingerprint density at radius 3 is 2.10 bits per heavy atom. The van der Waals surface area contributed by atoms with E-state index in [9.17, 15) is 22.0 Å². The molecule has 0 fully saturated rings. The zero-order chi connectivity index (χ0) is 29.2. The van der Waals surface area contributed by atoms with Gasteiger partial charge in [-0.15, -0.1) is 0 Å². The molecule has 3 rings (SSSR count). The van der Waals surface area contributed by atoms with Crippen LogP contribution in [-0.2, 0) is 12.6 Å². The van der Waals surface area contributed by atoms with Gasteiger partial charge in [0.25, 0.3) is 0 Å². The van der Waals surface area contributed by atoms with Crippen LogP contribution in [0.5, 0.6) is 5.75 Å². The minimum atomic E-state index is -5.45. The molecule has 1 aliphatic rings. The fourth-order valence-corrected chi connectivity index (χ4v) is 3.98. The van der Waals surface area contributed by atoms with Crippen molar-refractivity contribution in [2.45, 2.75) is 64.4 Å². The van der Waals surface area contributed by atoms with E-state index in [1.807, 2.05) is 0 Å². The second kappa shape index (κ2) is 11.0. The third-order valence-corrected chi connectivity index (χ3v) is 6.52. The van der Waals surface area contributed by atoms with Gasteiger partial charge in [-0.1, -0.05) is 31.8 Å². The molecule has 1 aliphatic carbocycles. The van der Waals surface area contributed by atoms with E-state index in [0.29, 0.717) is 26.0 Å². The van der Waals surface area contributed by atoms with Crippen LogP contribution in [0.4, 0.5) is 39.5 Å². The van der Waals surface area contributed by atoms with Crippen molar-refractivity contribution in [1.29, 1.82) is 0 Å². The minimum Gasteiger partial charge on any atom is -0.432 e. The average molecular weight is 561 g/mol. The van der Waals surface area contributed by atoms with E-state index in [0.717, 1.165) is 31.2 Å². The monoisotopic (exact) mass is 561 g/mol. The van der Waals surface area contributed by atoms with E-state index in [1.54, 1.807) is 18.3 Å². The standard InChI is InChI=1S/C28H24F9NO/c1-4-5-6-7-17-8-10-19(38-16-17)11-9-18-12-23(31)26(3,25(2,32)15-18)28(36,37)39-20-13-21(29)24(22(30)14-20)27(33,34)35/h8,10,12-16H,4-7H2,1-3H3. The average Bonchev–Trinajstić information content (AvgIpc) is 2.80. The number of allylic oxidation sites excluding steroid dienone is 3. The summed E-state index contributed by atoms with van der Waals surface area (Å²) in [5.74, 6) is -2.51. The van der Waals surface area contributed by atoms with Crippen LogP contribution in [0.25, 0.3) is 0 Å². The van der Waals surface area contributed by atoms with E-state index in [4.69, 9.17) is 0 Å². The third kappa shape index (κ3) is 6.26. The van der Waals surface area contributed by atoms with Gasteiger partial charge in [0, 0.05) is 23.9 Å². The van der Waals surface area contributed by atoms with E-state index < -0.39 is 52.1 Å². The molecule has 0 saturated carbocycles. The van der Waals surface area contributed by atoms with Crippen LogP contribution in [0, 0.1) is 28.9 Å². The summed E-state index contributed by atoms with van der Waals surface area (Å²) >= 11 is 0. The first-order valence-corrected chi connectivity index (χ1v) is 11.9. The second-order valence-corrected chi connectivity index (χ2v) is 9.43. The summed E-state index contributed by atoms with van der Waals surface area (Å²) in [6, 6.07) is 3.14. The molecule has 1 aromatic heterocycles. The largest absolute Gasteiger partial charge is 0.432 e. The number of unbranched alkanes of at least 4 members (excludes halogenated alkanes) is 2. The number of aryl methyl sites for hydroxylation is 1. The Morgan fingerprint density at radius 2 is 1.59 bits per heavy atom. The van der Waals surface area contributed by atoms with Crippen LogP contribution < -0.4 is 4.74 Å². The van der Waals surface area contributed by atoms with Gasteiger partial charge < -0.3 is 4.74 Å². The molecule has 39 heavy (non-hydrogen) atoms. The van der Waals surface area contributed by atoms with E-state index in [2.05, 4.69) is 28.5 Å². The molecular weight excluding hydrogens is 537 g/mol. The molecule has 0 bridgehead atoms. The number of alkyl halides is 6. The minimum absolute atomic E-state index is 0.141.